The number of amides is 1. The highest BCUT2D eigenvalue weighted by Crippen LogP contribution is 2.29. The number of nitrogens with zero attached hydrogens (tertiary/aromatic N) is 4. The van der Waals surface area contributed by atoms with Crippen LogP contribution >= 0.6 is 11.8 Å². The zero-order chi connectivity index (χ0) is 18.6. The number of aromatic nitrogens is 4. The summed E-state index contributed by atoms with van der Waals surface area (Å²) in [6.07, 6.45) is -1.30. The third-order valence-corrected chi connectivity index (χ3v) is 4.41. The Labute approximate surface area is 150 Å². The summed E-state index contributed by atoms with van der Waals surface area (Å²) in [4.78, 5) is 15.6. The van der Waals surface area contributed by atoms with Crippen LogP contribution in [0.25, 0.3) is 5.65 Å². The Kier molecular flexibility index (Phi) is 5.40. The van der Waals surface area contributed by atoms with Gasteiger partial charge in [-0.3, -0.25) is 9.20 Å². The number of nitrogens with one attached hydrogen (secondary N) is 1. The molecule has 1 amide bonds. The fraction of sp³-hybridized carbons (Fsp3) is 0.250. The molecule has 136 valence electrons. The molecule has 0 fully saturated rings. The van der Waals surface area contributed by atoms with Crippen molar-refractivity contribution in [3.05, 3.63) is 54.1 Å². The second-order valence-electron chi connectivity index (χ2n) is 5.32. The van der Waals surface area contributed by atoms with Crippen LogP contribution in [0.2, 0.25) is 0 Å². The summed E-state index contributed by atoms with van der Waals surface area (Å²) < 4.78 is 39.2. The molecule has 0 unspecified atom stereocenters. The lowest BCUT2D eigenvalue weighted by molar-refractivity contribution is -0.137. The summed E-state index contributed by atoms with van der Waals surface area (Å²) >= 11 is 1.07. The summed E-state index contributed by atoms with van der Waals surface area (Å²) in [6, 6.07) is 7.77. The molecular weight excluding hydrogens is 367 g/mol. The van der Waals surface area contributed by atoms with E-state index in [9.17, 15) is 18.0 Å². The summed E-state index contributed by atoms with van der Waals surface area (Å²) in [7, 11) is 0. The molecule has 3 heterocycles. The molecule has 0 atom stereocenters. The van der Waals surface area contributed by atoms with Crippen molar-refractivity contribution in [3.8, 4) is 0 Å². The summed E-state index contributed by atoms with van der Waals surface area (Å²) in [5.41, 5.74) is -0.0791. The van der Waals surface area contributed by atoms with Gasteiger partial charge in [0, 0.05) is 25.4 Å². The van der Waals surface area contributed by atoms with Crippen LogP contribution in [0.4, 0.5) is 13.2 Å². The fourth-order valence-electron chi connectivity index (χ4n) is 2.20. The van der Waals surface area contributed by atoms with Gasteiger partial charge in [0.25, 0.3) is 0 Å². The molecule has 0 spiro atoms. The maximum absolute atomic E-state index is 12.5. The van der Waals surface area contributed by atoms with E-state index in [-0.39, 0.29) is 11.7 Å². The van der Waals surface area contributed by atoms with E-state index in [1.165, 1.54) is 6.07 Å². The topological polar surface area (TPSA) is 72.2 Å². The lowest BCUT2D eigenvalue weighted by Crippen LogP contribution is -2.27. The Morgan fingerprint density at radius 2 is 2.04 bits per heavy atom. The maximum Gasteiger partial charge on any atom is 0.417 e. The largest absolute Gasteiger partial charge is 0.417 e. The highest BCUT2D eigenvalue weighted by atomic mass is 32.2. The van der Waals surface area contributed by atoms with Crippen molar-refractivity contribution in [1.29, 1.82) is 0 Å². The standard InChI is InChI=1S/C16H14F3N5OS/c17-16(18,19)11-4-5-15(21-9-11)26-10-14(25)20-7-6-13-23-22-12-3-1-2-8-24(12)13/h1-5,8-9H,6-7,10H2,(H,20,25). The van der Waals surface area contributed by atoms with E-state index >= 15 is 0 Å². The number of carbonyl (C=O) groups is 1. The molecular formula is C16H14F3N5OS. The molecule has 0 aliphatic heterocycles. The minimum Gasteiger partial charge on any atom is -0.355 e. The van der Waals surface area contributed by atoms with E-state index in [4.69, 9.17) is 0 Å². The Balaban J connectivity index is 1.44. The molecule has 0 saturated carbocycles. The van der Waals surface area contributed by atoms with Crippen LogP contribution in [0, 0.1) is 0 Å². The number of hydrogen-bond donors (Lipinski definition) is 1. The zero-order valence-electron chi connectivity index (χ0n) is 13.4. The molecule has 3 aromatic rings. The van der Waals surface area contributed by atoms with Crippen molar-refractivity contribution in [2.75, 3.05) is 12.3 Å². The van der Waals surface area contributed by atoms with Gasteiger partial charge in [0.2, 0.25) is 5.91 Å². The summed E-state index contributed by atoms with van der Waals surface area (Å²) in [6.45, 7) is 0.384. The number of hydrogen-bond acceptors (Lipinski definition) is 5. The summed E-state index contributed by atoms with van der Waals surface area (Å²) in [5.74, 6) is 0.572. The van der Waals surface area contributed by atoms with E-state index in [1.807, 2.05) is 28.8 Å². The second-order valence-corrected chi connectivity index (χ2v) is 6.31. The van der Waals surface area contributed by atoms with E-state index in [2.05, 4.69) is 20.5 Å². The lowest BCUT2D eigenvalue weighted by Gasteiger charge is -2.07. The summed E-state index contributed by atoms with van der Waals surface area (Å²) in [5, 5.41) is 11.2. The quantitative estimate of drug-likeness (QED) is 0.665. The SMILES string of the molecule is O=C(CSc1ccc(C(F)(F)F)cn1)NCCc1nnc2ccccn12. The van der Waals surface area contributed by atoms with Crippen molar-refractivity contribution in [2.24, 2.45) is 0 Å². The molecule has 1 N–H and O–H groups in total. The zero-order valence-corrected chi connectivity index (χ0v) is 14.2. The van der Waals surface area contributed by atoms with Crippen LogP contribution in [0.1, 0.15) is 11.4 Å². The van der Waals surface area contributed by atoms with Gasteiger partial charge in [-0.2, -0.15) is 13.2 Å². The van der Waals surface area contributed by atoms with E-state index in [0.29, 0.717) is 18.0 Å². The van der Waals surface area contributed by atoms with Gasteiger partial charge < -0.3 is 5.32 Å². The molecule has 6 nitrogen and oxygen atoms in total. The van der Waals surface area contributed by atoms with Gasteiger partial charge in [-0.25, -0.2) is 4.98 Å². The first-order valence-electron chi connectivity index (χ1n) is 7.65. The third-order valence-electron chi connectivity index (χ3n) is 3.47. The molecule has 3 rings (SSSR count). The predicted octanol–water partition coefficient (Wildman–Crippen LogP) is 2.59. The minimum atomic E-state index is -4.42. The van der Waals surface area contributed by atoms with E-state index in [1.54, 1.807) is 0 Å². The second kappa shape index (κ2) is 7.73. The van der Waals surface area contributed by atoms with E-state index < -0.39 is 11.7 Å². The van der Waals surface area contributed by atoms with Crippen molar-refractivity contribution in [1.82, 2.24) is 24.9 Å². The highest BCUT2D eigenvalue weighted by Gasteiger charge is 2.30. The van der Waals surface area contributed by atoms with Gasteiger partial charge in [0.1, 0.15) is 5.82 Å². The number of halogens is 3. The van der Waals surface area contributed by atoms with E-state index in [0.717, 1.165) is 35.5 Å². The molecule has 0 bridgehead atoms. The van der Waals surface area contributed by atoms with Gasteiger partial charge in [-0.1, -0.05) is 17.8 Å². The van der Waals surface area contributed by atoms with Gasteiger partial charge >= 0.3 is 6.18 Å². The third kappa shape index (κ3) is 4.51. The number of pyridine rings is 2. The molecule has 0 aliphatic rings. The average molecular weight is 381 g/mol. The van der Waals surface area contributed by atoms with Crippen molar-refractivity contribution < 1.29 is 18.0 Å². The molecule has 0 aromatic carbocycles. The molecule has 26 heavy (non-hydrogen) atoms. The Bertz CT molecular complexity index is 895. The number of alkyl halides is 3. The van der Waals surface area contributed by atoms with Crippen LogP contribution in [0.15, 0.2) is 47.8 Å². The molecule has 10 heteroatoms. The first-order valence-corrected chi connectivity index (χ1v) is 8.63. The highest BCUT2D eigenvalue weighted by molar-refractivity contribution is 7.99. The van der Waals surface area contributed by atoms with Crippen molar-refractivity contribution >= 4 is 23.3 Å². The molecule has 0 aliphatic carbocycles. The van der Waals surface area contributed by atoms with Crippen LogP contribution in [0.5, 0.6) is 0 Å². The minimum absolute atomic E-state index is 0.0684. The van der Waals surface area contributed by atoms with Crippen molar-refractivity contribution in [3.63, 3.8) is 0 Å². The first-order chi connectivity index (χ1) is 12.4. The average Bonchev–Trinajstić information content (AvgIpc) is 3.03. The first kappa shape index (κ1) is 18.2. The predicted molar refractivity (Wildman–Crippen MR) is 89.7 cm³/mol. The molecule has 3 aromatic heterocycles. The number of thioether (sulfide) groups is 1. The van der Waals surface area contributed by atoms with Crippen LogP contribution < -0.4 is 5.32 Å². The normalized spacial score (nSPS) is 11.7. The molecule has 0 saturated heterocycles. The Morgan fingerprint density at radius 3 is 2.77 bits per heavy atom. The van der Waals surface area contributed by atoms with Crippen LogP contribution in [-0.2, 0) is 17.4 Å². The van der Waals surface area contributed by atoms with Crippen molar-refractivity contribution in [2.45, 2.75) is 17.6 Å². The van der Waals surface area contributed by atoms with Gasteiger partial charge in [0.15, 0.2) is 5.65 Å². The van der Waals surface area contributed by atoms with Gasteiger partial charge in [-0.15, -0.1) is 10.2 Å². The van der Waals surface area contributed by atoms with Crippen LogP contribution in [0.3, 0.4) is 0 Å². The Morgan fingerprint density at radius 1 is 1.19 bits per heavy atom. The van der Waals surface area contributed by atoms with Crippen LogP contribution in [-0.4, -0.2) is 37.8 Å². The lowest BCUT2D eigenvalue weighted by atomic mass is 10.3. The smallest absolute Gasteiger partial charge is 0.355 e. The van der Waals surface area contributed by atoms with Gasteiger partial charge in [0.05, 0.1) is 16.3 Å². The number of carbonyl (C=O) groups excluding carboxylic acids is 1. The number of rotatable bonds is 6. The Hall–Kier alpha value is -2.62. The van der Waals surface area contributed by atoms with Gasteiger partial charge in [-0.05, 0) is 24.3 Å². The molecule has 0 radical (unpaired) electrons. The number of fused-ring (bicyclic) bond motifs is 1. The maximum atomic E-state index is 12.5. The fourth-order valence-corrected chi connectivity index (χ4v) is 2.87. The monoisotopic (exact) mass is 381 g/mol.